The second kappa shape index (κ2) is 6.75. The van der Waals surface area contributed by atoms with Crippen LogP contribution in [0.5, 0.6) is 0 Å². The fraction of sp³-hybridized carbons (Fsp3) is 0.615. The molecule has 0 radical (unpaired) electrons. The predicted octanol–water partition coefficient (Wildman–Crippen LogP) is -1.59. The first-order valence-electron chi connectivity index (χ1n) is 7.11. The Hall–Kier alpha value is -2.13. The van der Waals surface area contributed by atoms with Gasteiger partial charge in [-0.05, 0) is 20.0 Å². The van der Waals surface area contributed by atoms with Crippen LogP contribution in [0.1, 0.15) is 16.9 Å². The van der Waals surface area contributed by atoms with Gasteiger partial charge >= 0.3 is 0 Å². The van der Waals surface area contributed by atoms with Crippen molar-refractivity contribution in [3.8, 4) is 0 Å². The third-order valence-electron chi connectivity index (χ3n) is 3.61. The van der Waals surface area contributed by atoms with Gasteiger partial charge in [0.25, 0.3) is 5.91 Å². The lowest BCUT2D eigenvalue weighted by Gasteiger charge is -2.36. The maximum atomic E-state index is 12.3. The Labute approximate surface area is 128 Å². The van der Waals surface area contributed by atoms with Gasteiger partial charge in [0.05, 0.1) is 6.33 Å². The second-order valence-corrected chi connectivity index (χ2v) is 5.23. The van der Waals surface area contributed by atoms with E-state index >= 15 is 0 Å². The number of nitrogens with zero attached hydrogens (tertiary/aromatic N) is 4. The zero-order chi connectivity index (χ0) is 16.3. The molecular formula is C13H22N6O3. The van der Waals surface area contributed by atoms with Crippen molar-refractivity contribution in [1.29, 1.82) is 0 Å². The number of aliphatic hydroxyl groups excluding tert-OH is 1. The highest BCUT2D eigenvalue weighted by Crippen LogP contribution is 2.26. The molecule has 0 spiro atoms. The average molecular weight is 310 g/mol. The molecule has 1 atom stereocenters. The minimum absolute atomic E-state index is 0.0192. The van der Waals surface area contributed by atoms with Crippen molar-refractivity contribution in [3.63, 3.8) is 0 Å². The van der Waals surface area contributed by atoms with E-state index in [0.717, 1.165) is 13.0 Å². The molecule has 0 aromatic carbocycles. The number of rotatable bonds is 6. The van der Waals surface area contributed by atoms with E-state index in [9.17, 15) is 14.7 Å². The Morgan fingerprint density at radius 2 is 2.09 bits per heavy atom. The van der Waals surface area contributed by atoms with Gasteiger partial charge in [0.1, 0.15) is 6.54 Å². The number of fused-ring (bicyclic) bond motifs is 1. The Morgan fingerprint density at radius 3 is 2.77 bits per heavy atom. The zero-order valence-electron chi connectivity index (χ0n) is 13.0. The largest absolute Gasteiger partial charge is 0.356 e. The van der Waals surface area contributed by atoms with E-state index in [2.05, 4.69) is 15.6 Å². The van der Waals surface area contributed by atoms with Crippen LogP contribution in [0.3, 0.4) is 0 Å². The van der Waals surface area contributed by atoms with Crippen molar-refractivity contribution < 1.29 is 14.7 Å². The van der Waals surface area contributed by atoms with Gasteiger partial charge in [-0.25, -0.2) is 4.98 Å². The van der Waals surface area contributed by atoms with Crippen molar-refractivity contribution in [2.75, 3.05) is 39.1 Å². The zero-order valence-corrected chi connectivity index (χ0v) is 13.0. The van der Waals surface area contributed by atoms with Crippen molar-refractivity contribution in [2.45, 2.75) is 19.3 Å². The van der Waals surface area contributed by atoms with Gasteiger partial charge in [0, 0.05) is 20.6 Å². The lowest BCUT2D eigenvalue weighted by molar-refractivity contribution is -0.121. The van der Waals surface area contributed by atoms with Crippen LogP contribution in [0.4, 0.5) is 5.82 Å². The molecule has 1 aliphatic rings. The molecule has 2 amide bonds. The Morgan fingerprint density at radius 1 is 1.36 bits per heavy atom. The van der Waals surface area contributed by atoms with E-state index in [-0.39, 0.29) is 18.4 Å². The molecule has 2 rings (SSSR count). The van der Waals surface area contributed by atoms with Crippen LogP contribution in [0.15, 0.2) is 6.33 Å². The van der Waals surface area contributed by atoms with Gasteiger partial charge in [-0.2, -0.15) is 0 Å². The standard InChI is InChI=1S/C13H22N6O3/c1-14-5-4-6-15-9(20)7-19-8-16-11-10(19)12(21)18(3)13(22)17(11)2/h8,13-14,22H,4-7H2,1-3H3,(H,15,20). The van der Waals surface area contributed by atoms with Crippen LogP contribution in [0.25, 0.3) is 0 Å². The molecule has 2 heterocycles. The Kier molecular flexibility index (Phi) is 4.99. The maximum absolute atomic E-state index is 12.3. The molecule has 0 saturated carbocycles. The molecule has 0 aliphatic carbocycles. The summed E-state index contributed by atoms with van der Waals surface area (Å²) in [5.41, 5.74) is 0.306. The first-order valence-corrected chi connectivity index (χ1v) is 7.11. The minimum atomic E-state index is -1.06. The van der Waals surface area contributed by atoms with Crippen LogP contribution in [-0.4, -0.2) is 72.0 Å². The minimum Gasteiger partial charge on any atom is -0.356 e. The quantitative estimate of drug-likeness (QED) is 0.547. The summed E-state index contributed by atoms with van der Waals surface area (Å²) in [4.78, 5) is 31.0. The van der Waals surface area contributed by atoms with Gasteiger partial charge in [-0.3, -0.25) is 14.5 Å². The number of carbonyl (C=O) groups is 2. The molecule has 0 fully saturated rings. The SMILES string of the molecule is CNCCCNC(=O)Cn1cnc2c1C(=O)N(C)C(O)N2C. The molecule has 1 aromatic rings. The van der Waals surface area contributed by atoms with Gasteiger partial charge in [-0.15, -0.1) is 0 Å². The van der Waals surface area contributed by atoms with Crippen molar-refractivity contribution in [1.82, 2.24) is 25.1 Å². The van der Waals surface area contributed by atoms with E-state index in [4.69, 9.17) is 0 Å². The van der Waals surface area contributed by atoms with E-state index in [1.807, 2.05) is 7.05 Å². The Balaban J connectivity index is 2.07. The summed E-state index contributed by atoms with van der Waals surface area (Å²) in [6, 6.07) is 0. The van der Waals surface area contributed by atoms with E-state index < -0.39 is 6.35 Å². The van der Waals surface area contributed by atoms with E-state index in [1.165, 1.54) is 27.7 Å². The van der Waals surface area contributed by atoms with Gasteiger partial charge in [-0.1, -0.05) is 0 Å². The van der Waals surface area contributed by atoms with Gasteiger partial charge < -0.3 is 25.2 Å². The highest BCUT2D eigenvalue weighted by molar-refractivity contribution is 5.99. The second-order valence-electron chi connectivity index (χ2n) is 5.23. The summed E-state index contributed by atoms with van der Waals surface area (Å²) >= 11 is 0. The van der Waals surface area contributed by atoms with Crippen LogP contribution in [-0.2, 0) is 11.3 Å². The molecular weight excluding hydrogens is 288 g/mol. The maximum Gasteiger partial charge on any atom is 0.277 e. The fourth-order valence-corrected chi connectivity index (χ4v) is 2.31. The molecule has 0 saturated heterocycles. The summed E-state index contributed by atoms with van der Waals surface area (Å²) in [7, 11) is 5.00. The monoisotopic (exact) mass is 310 g/mol. The average Bonchev–Trinajstić information content (AvgIpc) is 2.91. The number of hydrogen-bond acceptors (Lipinski definition) is 6. The smallest absolute Gasteiger partial charge is 0.277 e. The highest BCUT2D eigenvalue weighted by atomic mass is 16.3. The number of imidazole rings is 1. The van der Waals surface area contributed by atoms with Crippen molar-refractivity contribution >= 4 is 17.6 Å². The first kappa shape index (κ1) is 16.2. The lowest BCUT2D eigenvalue weighted by atomic mass is 10.3. The molecule has 1 unspecified atom stereocenters. The summed E-state index contributed by atoms with van der Waals surface area (Å²) in [5, 5.41) is 15.7. The van der Waals surface area contributed by atoms with E-state index in [1.54, 1.807) is 7.05 Å². The van der Waals surface area contributed by atoms with Gasteiger partial charge in [0.2, 0.25) is 12.3 Å². The third-order valence-corrected chi connectivity index (χ3v) is 3.61. The molecule has 1 aromatic heterocycles. The number of amides is 2. The number of carbonyl (C=O) groups excluding carboxylic acids is 2. The van der Waals surface area contributed by atoms with Crippen molar-refractivity contribution in [2.24, 2.45) is 0 Å². The molecule has 3 N–H and O–H groups in total. The van der Waals surface area contributed by atoms with E-state index in [0.29, 0.717) is 18.1 Å². The number of nitrogens with one attached hydrogen (secondary N) is 2. The van der Waals surface area contributed by atoms with Gasteiger partial charge in [0.15, 0.2) is 11.5 Å². The first-order chi connectivity index (χ1) is 10.5. The highest BCUT2D eigenvalue weighted by Gasteiger charge is 2.36. The summed E-state index contributed by atoms with van der Waals surface area (Å²) < 4.78 is 1.50. The molecule has 122 valence electrons. The molecule has 1 aliphatic heterocycles. The topological polar surface area (TPSA) is 103 Å². The molecule has 9 heteroatoms. The van der Waals surface area contributed by atoms with Crippen LogP contribution in [0.2, 0.25) is 0 Å². The van der Waals surface area contributed by atoms with Crippen LogP contribution < -0.4 is 15.5 Å². The summed E-state index contributed by atoms with van der Waals surface area (Å²) in [6.07, 6.45) is 1.22. The van der Waals surface area contributed by atoms with Crippen molar-refractivity contribution in [3.05, 3.63) is 12.0 Å². The number of anilines is 1. The lowest BCUT2D eigenvalue weighted by Crippen LogP contribution is -2.52. The van der Waals surface area contributed by atoms with Crippen LogP contribution in [0, 0.1) is 0 Å². The molecule has 9 nitrogen and oxygen atoms in total. The summed E-state index contributed by atoms with van der Waals surface area (Å²) in [5.74, 6) is -0.166. The third kappa shape index (κ3) is 3.04. The summed E-state index contributed by atoms with van der Waals surface area (Å²) in [6.45, 7) is 1.42. The number of aromatic nitrogens is 2. The molecule has 0 bridgehead atoms. The normalized spacial score (nSPS) is 17.6. The Bertz CT molecular complexity index is 558. The predicted molar refractivity (Wildman–Crippen MR) is 80.3 cm³/mol. The van der Waals surface area contributed by atoms with Crippen LogP contribution >= 0.6 is 0 Å². The number of hydrogen-bond donors (Lipinski definition) is 3. The molecule has 22 heavy (non-hydrogen) atoms. The number of aliphatic hydroxyl groups is 1. The fourth-order valence-electron chi connectivity index (χ4n) is 2.31.